The topological polar surface area (TPSA) is 46.8 Å². The Hall–Kier alpha value is -1.91. The molecule has 0 amide bonds. The molecule has 5 nitrogen and oxygen atoms in total. The zero-order chi connectivity index (χ0) is 22.3. The van der Waals surface area contributed by atoms with Crippen LogP contribution in [-0.4, -0.2) is 50.0 Å². The molecule has 3 heterocycles. The third kappa shape index (κ3) is 4.32. The van der Waals surface area contributed by atoms with Gasteiger partial charge in [0.05, 0.1) is 5.56 Å². The number of nitrogens with zero attached hydrogens (tertiary/aromatic N) is 5. The lowest BCUT2D eigenvalue weighted by Gasteiger charge is -2.16. The summed E-state index contributed by atoms with van der Waals surface area (Å²) in [6, 6.07) is 5.78. The molecule has 2 aliphatic rings. The Labute approximate surface area is 193 Å². The fourth-order valence-electron chi connectivity index (χ4n) is 4.76. The van der Waals surface area contributed by atoms with Gasteiger partial charge in [-0.2, -0.15) is 13.2 Å². The van der Waals surface area contributed by atoms with Crippen LogP contribution in [0.15, 0.2) is 41.0 Å². The first-order valence-electron chi connectivity index (χ1n) is 10.7. The van der Waals surface area contributed by atoms with E-state index < -0.39 is 11.7 Å². The summed E-state index contributed by atoms with van der Waals surface area (Å²) in [5.74, 6) is 2.16. The SMILES string of the molecule is Cn1c(SCCCN2CCC3(C[C@H]3c3ccc(C(F)(F)F)cc3)C2)nnc1-c1nccs1. The van der Waals surface area contributed by atoms with E-state index in [9.17, 15) is 13.2 Å². The van der Waals surface area contributed by atoms with Crippen molar-refractivity contribution in [1.29, 1.82) is 0 Å². The van der Waals surface area contributed by atoms with Crippen molar-refractivity contribution in [3.05, 3.63) is 47.0 Å². The summed E-state index contributed by atoms with van der Waals surface area (Å²) in [4.78, 5) is 6.80. The Morgan fingerprint density at radius 3 is 2.75 bits per heavy atom. The first-order valence-corrected chi connectivity index (χ1v) is 12.5. The first kappa shape index (κ1) is 21.9. The van der Waals surface area contributed by atoms with Crippen LogP contribution < -0.4 is 0 Å². The molecule has 32 heavy (non-hydrogen) atoms. The van der Waals surface area contributed by atoms with Crippen molar-refractivity contribution in [3.63, 3.8) is 0 Å². The van der Waals surface area contributed by atoms with Gasteiger partial charge in [-0.05, 0) is 61.4 Å². The summed E-state index contributed by atoms with van der Waals surface area (Å²) < 4.78 is 40.4. The summed E-state index contributed by atoms with van der Waals surface area (Å²) in [7, 11) is 1.97. The van der Waals surface area contributed by atoms with E-state index in [0.29, 0.717) is 5.92 Å². The highest BCUT2D eigenvalue weighted by molar-refractivity contribution is 7.99. The van der Waals surface area contributed by atoms with E-state index in [1.165, 1.54) is 12.1 Å². The van der Waals surface area contributed by atoms with Crippen LogP contribution in [0.1, 0.15) is 36.3 Å². The molecule has 5 rings (SSSR count). The van der Waals surface area contributed by atoms with Crippen molar-refractivity contribution in [1.82, 2.24) is 24.6 Å². The minimum Gasteiger partial charge on any atom is -0.303 e. The van der Waals surface area contributed by atoms with Gasteiger partial charge in [-0.3, -0.25) is 0 Å². The summed E-state index contributed by atoms with van der Waals surface area (Å²) >= 11 is 3.27. The summed E-state index contributed by atoms with van der Waals surface area (Å²) in [6.07, 6.45) is 0.779. The summed E-state index contributed by atoms with van der Waals surface area (Å²) in [6.45, 7) is 3.15. The number of hydrogen-bond acceptors (Lipinski definition) is 6. The molecule has 10 heteroatoms. The second kappa shape index (κ2) is 8.46. The molecule has 1 aromatic carbocycles. The highest BCUT2D eigenvalue weighted by Crippen LogP contribution is 2.64. The summed E-state index contributed by atoms with van der Waals surface area (Å²) in [5.41, 5.74) is 0.746. The quantitative estimate of drug-likeness (QED) is 0.339. The molecule has 1 saturated heterocycles. The maximum Gasteiger partial charge on any atom is 0.416 e. The van der Waals surface area contributed by atoms with Crippen LogP contribution in [0.4, 0.5) is 13.2 Å². The van der Waals surface area contributed by atoms with Crippen molar-refractivity contribution in [2.45, 2.75) is 36.5 Å². The van der Waals surface area contributed by atoms with Crippen molar-refractivity contribution in [2.24, 2.45) is 12.5 Å². The molecular weight excluding hydrogens is 455 g/mol. The van der Waals surface area contributed by atoms with Gasteiger partial charge in [-0.1, -0.05) is 23.9 Å². The van der Waals surface area contributed by atoms with Gasteiger partial charge in [0.25, 0.3) is 0 Å². The van der Waals surface area contributed by atoms with Crippen molar-refractivity contribution < 1.29 is 13.2 Å². The lowest BCUT2D eigenvalue weighted by Crippen LogP contribution is -2.23. The molecule has 1 aliphatic carbocycles. The molecule has 170 valence electrons. The number of benzene rings is 1. The van der Waals surface area contributed by atoms with E-state index in [4.69, 9.17) is 0 Å². The van der Waals surface area contributed by atoms with E-state index in [1.807, 2.05) is 17.0 Å². The van der Waals surface area contributed by atoms with Gasteiger partial charge < -0.3 is 9.47 Å². The Bertz CT molecular complexity index is 1060. The van der Waals surface area contributed by atoms with Crippen molar-refractivity contribution in [2.75, 3.05) is 25.4 Å². The van der Waals surface area contributed by atoms with Gasteiger partial charge in [0.15, 0.2) is 16.0 Å². The van der Waals surface area contributed by atoms with Gasteiger partial charge >= 0.3 is 6.18 Å². The number of thioether (sulfide) groups is 1. The van der Waals surface area contributed by atoms with E-state index in [2.05, 4.69) is 20.1 Å². The Morgan fingerprint density at radius 1 is 1.22 bits per heavy atom. The van der Waals surface area contributed by atoms with Crippen LogP contribution >= 0.6 is 23.1 Å². The van der Waals surface area contributed by atoms with Gasteiger partial charge in [-0.25, -0.2) is 4.98 Å². The fraction of sp³-hybridized carbons (Fsp3) is 0.500. The van der Waals surface area contributed by atoms with Crippen LogP contribution in [0, 0.1) is 5.41 Å². The van der Waals surface area contributed by atoms with Crippen molar-refractivity contribution >= 4 is 23.1 Å². The second-order valence-corrected chi connectivity index (χ2v) is 10.6. The Kier molecular flexibility index (Phi) is 5.79. The maximum absolute atomic E-state index is 12.8. The highest BCUT2D eigenvalue weighted by atomic mass is 32.2. The van der Waals surface area contributed by atoms with Gasteiger partial charge in [0, 0.05) is 30.9 Å². The molecule has 3 aromatic rings. The minimum atomic E-state index is -4.27. The van der Waals surface area contributed by atoms with E-state index >= 15 is 0 Å². The molecule has 2 atom stereocenters. The highest BCUT2D eigenvalue weighted by Gasteiger charge is 2.57. The van der Waals surface area contributed by atoms with Crippen LogP contribution in [0.2, 0.25) is 0 Å². The monoisotopic (exact) mass is 479 g/mol. The van der Waals surface area contributed by atoms with Gasteiger partial charge in [-0.15, -0.1) is 21.5 Å². The van der Waals surface area contributed by atoms with E-state index in [-0.39, 0.29) is 5.41 Å². The molecule has 2 aromatic heterocycles. The summed E-state index contributed by atoms with van der Waals surface area (Å²) in [5, 5.41) is 12.3. The third-order valence-corrected chi connectivity index (χ3v) is 8.48. The molecule has 2 fully saturated rings. The Balaban J connectivity index is 1.08. The predicted molar refractivity (Wildman–Crippen MR) is 120 cm³/mol. The minimum absolute atomic E-state index is 0.263. The molecule has 0 N–H and O–H groups in total. The number of hydrogen-bond donors (Lipinski definition) is 0. The zero-order valence-electron chi connectivity index (χ0n) is 17.7. The van der Waals surface area contributed by atoms with Crippen LogP contribution in [-0.2, 0) is 13.2 Å². The number of alkyl halides is 3. The van der Waals surface area contributed by atoms with Crippen LogP contribution in [0.3, 0.4) is 0 Å². The fourth-order valence-corrected chi connectivity index (χ4v) is 6.25. The van der Waals surface area contributed by atoms with Gasteiger partial charge in [0.1, 0.15) is 0 Å². The predicted octanol–water partition coefficient (Wildman–Crippen LogP) is 5.32. The largest absolute Gasteiger partial charge is 0.416 e. The Morgan fingerprint density at radius 2 is 2.03 bits per heavy atom. The number of halogens is 3. The average Bonchev–Trinajstić information content (AvgIpc) is 3.16. The smallest absolute Gasteiger partial charge is 0.303 e. The number of thiazole rings is 1. The first-order chi connectivity index (χ1) is 15.4. The average molecular weight is 480 g/mol. The standard InChI is InChI=1S/C22H24F3N5S2/c1-29-18(19-26-8-12-31-19)27-28-20(29)32-11-2-9-30-10-7-21(14-30)13-17(21)15-3-5-16(6-4-15)22(23,24)25/h3-6,8,12,17H,2,7,9-11,13-14H2,1H3/t17-,21?/m0/s1. The second-order valence-electron chi connectivity index (χ2n) is 8.67. The third-order valence-electron chi connectivity index (χ3n) is 6.60. The number of rotatable bonds is 7. The lowest BCUT2D eigenvalue weighted by atomic mass is 9.97. The van der Waals surface area contributed by atoms with E-state index in [0.717, 1.165) is 66.2 Å². The van der Waals surface area contributed by atoms with Crippen LogP contribution in [0.25, 0.3) is 10.8 Å². The molecule has 1 spiro atoms. The molecular formula is C22H24F3N5S2. The molecule has 0 bridgehead atoms. The molecule has 1 saturated carbocycles. The normalized spacial score (nSPS) is 23.3. The lowest BCUT2D eigenvalue weighted by molar-refractivity contribution is -0.137. The van der Waals surface area contributed by atoms with E-state index in [1.54, 1.807) is 41.4 Å². The van der Waals surface area contributed by atoms with Crippen LogP contribution in [0.5, 0.6) is 0 Å². The molecule has 1 unspecified atom stereocenters. The maximum atomic E-state index is 12.8. The van der Waals surface area contributed by atoms with Gasteiger partial charge in [0.2, 0.25) is 0 Å². The molecule has 1 aliphatic heterocycles. The van der Waals surface area contributed by atoms with Crippen molar-refractivity contribution in [3.8, 4) is 10.8 Å². The molecule has 0 radical (unpaired) electrons. The zero-order valence-corrected chi connectivity index (χ0v) is 19.3. The number of likely N-dealkylation sites (tertiary alicyclic amines) is 1. The number of aromatic nitrogens is 4.